The number of ether oxygens (including phenoxy) is 1. The largest absolute Gasteiger partial charge is 0.494 e. The van der Waals surface area contributed by atoms with Gasteiger partial charge in [0.25, 0.3) is 5.69 Å². The summed E-state index contributed by atoms with van der Waals surface area (Å²) in [6, 6.07) is 9.03. The Kier molecular flexibility index (Phi) is 8.58. The van der Waals surface area contributed by atoms with Crippen LogP contribution in [0.4, 0.5) is 37.5 Å². The van der Waals surface area contributed by atoms with E-state index in [1.807, 2.05) is 0 Å². The number of hydroxylamine groups is 1. The Labute approximate surface area is 266 Å². The van der Waals surface area contributed by atoms with E-state index in [1.165, 1.54) is 49.5 Å². The maximum Gasteiger partial charge on any atom is 0.294 e. The van der Waals surface area contributed by atoms with Gasteiger partial charge in [-0.15, -0.1) is 0 Å². The topological polar surface area (TPSA) is 112 Å². The zero-order chi connectivity index (χ0) is 31.8. The molecule has 1 aliphatic carbocycles. The van der Waals surface area contributed by atoms with E-state index in [0.717, 1.165) is 64.2 Å². The summed E-state index contributed by atoms with van der Waals surface area (Å²) in [4.78, 5) is 33.6. The van der Waals surface area contributed by atoms with Crippen molar-refractivity contribution in [3.63, 3.8) is 0 Å². The molecule has 1 atom stereocenters. The molecule has 244 valence electrons. The highest BCUT2D eigenvalue weighted by atomic mass is 19.1. The average Bonchev–Trinajstić information content (AvgIpc) is 3.80. The number of nitrogens with one attached hydrogen (secondary N) is 1. The first kappa shape index (κ1) is 30.5. The van der Waals surface area contributed by atoms with Crippen molar-refractivity contribution in [1.29, 1.82) is 0 Å². The zero-order valence-corrected chi connectivity index (χ0v) is 25.8. The first-order valence-corrected chi connectivity index (χ1v) is 15.9. The van der Waals surface area contributed by atoms with Crippen LogP contribution >= 0.6 is 0 Å². The van der Waals surface area contributed by atoms with Gasteiger partial charge in [-0.2, -0.15) is 0 Å². The van der Waals surface area contributed by atoms with Crippen molar-refractivity contribution in [3.8, 4) is 5.75 Å². The summed E-state index contributed by atoms with van der Waals surface area (Å²) in [5.41, 5.74) is 1.31. The summed E-state index contributed by atoms with van der Waals surface area (Å²) in [5, 5.41) is 17.0. The van der Waals surface area contributed by atoms with Crippen LogP contribution in [0.25, 0.3) is 0 Å². The van der Waals surface area contributed by atoms with Gasteiger partial charge in [0.05, 0.1) is 30.4 Å². The lowest BCUT2D eigenvalue weighted by atomic mass is 10.0. The number of nitrogens with zero attached hydrogens (tertiary/aromatic N) is 7. The van der Waals surface area contributed by atoms with Crippen molar-refractivity contribution in [2.24, 2.45) is 0 Å². The molecule has 4 fully saturated rings. The lowest BCUT2D eigenvalue weighted by Gasteiger charge is -2.43. The minimum absolute atomic E-state index is 0.0230. The van der Waals surface area contributed by atoms with Crippen molar-refractivity contribution in [2.75, 3.05) is 68.3 Å². The van der Waals surface area contributed by atoms with Crippen molar-refractivity contribution < 1.29 is 23.3 Å². The van der Waals surface area contributed by atoms with Gasteiger partial charge >= 0.3 is 0 Å². The molecule has 4 aliphatic rings. The van der Waals surface area contributed by atoms with E-state index in [2.05, 4.69) is 30.0 Å². The number of nitro groups is 1. The minimum atomic E-state index is -0.671. The van der Waals surface area contributed by atoms with Gasteiger partial charge in [0, 0.05) is 82.0 Å². The molecule has 12 nitrogen and oxygen atoms in total. The summed E-state index contributed by atoms with van der Waals surface area (Å²) >= 11 is 0. The van der Waals surface area contributed by atoms with E-state index in [0.29, 0.717) is 53.4 Å². The second-order valence-corrected chi connectivity index (χ2v) is 12.4. The Morgan fingerprint density at radius 3 is 2.20 bits per heavy atom. The molecule has 1 aromatic heterocycles. The first-order valence-electron chi connectivity index (χ1n) is 15.9. The minimum Gasteiger partial charge on any atom is -0.494 e. The predicted molar refractivity (Wildman–Crippen MR) is 169 cm³/mol. The number of benzene rings is 2. The van der Waals surface area contributed by atoms with Crippen LogP contribution in [0.3, 0.4) is 0 Å². The number of rotatable bonds is 9. The summed E-state index contributed by atoms with van der Waals surface area (Å²) in [5.74, 6) is -0.199. The quantitative estimate of drug-likeness (QED) is 0.252. The maximum atomic E-state index is 14.0. The maximum absolute atomic E-state index is 14.0. The van der Waals surface area contributed by atoms with Gasteiger partial charge < -0.3 is 15.0 Å². The molecule has 4 heterocycles. The Morgan fingerprint density at radius 2 is 1.57 bits per heavy atom. The van der Waals surface area contributed by atoms with Crippen molar-refractivity contribution in [3.05, 3.63) is 70.0 Å². The van der Waals surface area contributed by atoms with Gasteiger partial charge in [0.15, 0.2) is 5.82 Å². The third kappa shape index (κ3) is 6.42. The average molecular weight is 637 g/mol. The lowest BCUT2D eigenvalue weighted by Crippen LogP contribution is -2.53. The third-order valence-corrected chi connectivity index (χ3v) is 9.54. The highest BCUT2D eigenvalue weighted by Crippen LogP contribution is 2.41. The summed E-state index contributed by atoms with van der Waals surface area (Å²) in [6.07, 6.45) is 6.41. The smallest absolute Gasteiger partial charge is 0.294 e. The number of methoxy groups -OCH3 is 1. The first-order chi connectivity index (χ1) is 22.4. The Bertz CT molecular complexity index is 1560. The molecule has 3 aliphatic heterocycles. The Morgan fingerprint density at radius 1 is 0.891 bits per heavy atom. The van der Waals surface area contributed by atoms with Crippen molar-refractivity contribution >= 4 is 28.7 Å². The van der Waals surface area contributed by atoms with Gasteiger partial charge in [-0.05, 0) is 43.4 Å². The fraction of sp³-hybridized carbons (Fsp3) is 0.500. The fourth-order valence-electron chi connectivity index (χ4n) is 7.04. The van der Waals surface area contributed by atoms with Crippen LogP contribution in [-0.2, 0) is 4.84 Å². The molecule has 0 radical (unpaired) electrons. The van der Waals surface area contributed by atoms with Crippen molar-refractivity contribution in [2.45, 2.75) is 50.2 Å². The molecular weight excluding hydrogens is 598 g/mol. The molecule has 1 N–H and O–H groups in total. The van der Waals surface area contributed by atoms with E-state index in [9.17, 15) is 18.9 Å². The monoisotopic (exact) mass is 636 g/mol. The molecule has 0 amide bonds. The highest BCUT2D eigenvalue weighted by molar-refractivity contribution is 5.77. The number of aromatic nitrogens is 2. The molecule has 0 spiro atoms. The SMILES string of the molecule is COc1cc(N2CCC(N3CCN(C4CC4)CC3)CC2)c([N+](=O)[O-])cc1Nc1cc(N2OCC[C@@H]2c2cc(F)cc(F)c2)ncn1. The molecule has 1 saturated carbocycles. The van der Waals surface area contributed by atoms with Crippen LogP contribution < -0.4 is 20.0 Å². The standard InChI is InChI=1S/C32H38F2N8O4/c1-45-30-18-28(40-7-4-25(5-8-40)39-11-9-38(10-12-39)24-2-3-24)29(42(43)44)17-26(30)37-31-19-32(36-20-35-31)41-27(6-13-46-41)21-14-22(33)16-23(34)15-21/h14-20,24-25,27H,2-13H2,1H3,(H,35,36,37)/t27-/m1/s1. The van der Waals surface area contributed by atoms with E-state index in [4.69, 9.17) is 9.57 Å². The van der Waals surface area contributed by atoms with Gasteiger partial charge in [-0.25, -0.2) is 23.8 Å². The third-order valence-electron chi connectivity index (χ3n) is 9.54. The van der Waals surface area contributed by atoms with Crippen LogP contribution in [0.2, 0.25) is 0 Å². The molecule has 0 bridgehead atoms. The summed E-state index contributed by atoms with van der Waals surface area (Å²) < 4.78 is 33.6. The normalized spacial score (nSPS) is 21.5. The second-order valence-electron chi connectivity index (χ2n) is 12.4. The Hall–Kier alpha value is -4.14. The fourth-order valence-corrected chi connectivity index (χ4v) is 7.04. The molecule has 46 heavy (non-hydrogen) atoms. The van der Waals surface area contributed by atoms with Gasteiger partial charge in [-0.3, -0.25) is 24.8 Å². The molecule has 14 heteroatoms. The number of piperazine rings is 1. The molecule has 0 unspecified atom stereocenters. The number of anilines is 4. The number of hydrogen-bond donors (Lipinski definition) is 1. The highest BCUT2D eigenvalue weighted by Gasteiger charge is 2.35. The van der Waals surface area contributed by atoms with Crippen LogP contribution in [-0.4, -0.2) is 89.8 Å². The molecule has 3 saturated heterocycles. The summed E-state index contributed by atoms with van der Waals surface area (Å²) in [7, 11) is 1.52. The van der Waals surface area contributed by atoms with Gasteiger partial charge in [-0.1, -0.05) is 0 Å². The van der Waals surface area contributed by atoms with Crippen LogP contribution in [0.5, 0.6) is 5.75 Å². The number of hydrogen-bond acceptors (Lipinski definition) is 11. The van der Waals surface area contributed by atoms with E-state index >= 15 is 0 Å². The molecule has 7 rings (SSSR count). The van der Waals surface area contributed by atoms with E-state index < -0.39 is 17.7 Å². The zero-order valence-electron chi connectivity index (χ0n) is 25.8. The number of piperidine rings is 1. The van der Waals surface area contributed by atoms with Crippen LogP contribution in [0, 0.1) is 21.7 Å². The van der Waals surface area contributed by atoms with Crippen molar-refractivity contribution in [1.82, 2.24) is 19.8 Å². The number of halogens is 2. The van der Waals surface area contributed by atoms with Crippen LogP contribution in [0.15, 0.2) is 42.7 Å². The summed E-state index contributed by atoms with van der Waals surface area (Å²) in [6.45, 7) is 6.24. The predicted octanol–water partition coefficient (Wildman–Crippen LogP) is 5.05. The van der Waals surface area contributed by atoms with Crippen LogP contribution in [0.1, 0.15) is 43.7 Å². The van der Waals surface area contributed by atoms with Gasteiger partial charge in [0.2, 0.25) is 0 Å². The lowest BCUT2D eigenvalue weighted by molar-refractivity contribution is -0.384. The second kappa shape index (κ2) is 12.9. The van der Waals surface area contributed by atoms with E-state index in [1.54, 1.807) is 12.1 Å². The molecule has 3 aromatic rings. The van der Waals surface area contributed by atoms with E-state index in [-0.39, 0.29) is 10.6 Å². The molecular formula is C32H38F2N8O4. The molecule has 2 aromatic carbocycles. The number of nitro benzene ring substituents is 1. The Balaban J connectivity index is 1.06. The van der Waals surface area contributed by atoms with Gasteiger partial charge in [0.1, 0.15) is 35.2 Å².